The SMILES string of the molecule is CCN1CCN(C(=O)c2cnc(N)c3c(-c4ccc(NC(=O)Nc5cccc(C)c5)cc4)csc23)CC1. The van der Waals surface area contributed by atoms with E-state index >= 15 is 0 Å². The number of anilines is 3. The van der Waals surface area contributed by atoms with Crippen LogP contribution in [-0.4, -0.2) is 59.4 Å². The minimum atomic E-state index is -0.310. The van der Waals surface area contributed by atoms with Crippen LogP contribution < -0.4 is 16.4 Å². The molecule has 0 radical (unpaired) electrons. The molecule has 1 aliphatic heterocycles. The summed E-state index contributed by atoms with van der Waals surface area (Å²) >= 11 is 1.51. The Labute approximate surface area is 220 Å². The molecule has 190 valence electrons. The number of carbonyl (C=O) groups excluding carboxylic acids is 2. The molecule has 2 aromatic carbocycles. The summed E-state index contributed by atoms with van der Waals surface area (Å²) in [6, 6.07) is 14.9. The number of nitrogens with one attached hydrogen (secondary N) is 2. The van der Waals surface area contributed by atoms with Crippen LogP contribution in [-0.2, 0) is 0 Å². The van der Waals surface area contributed by atoms with Gasteiger partial charge in [-0.3, -0.25) is 4.79 Å². The number of urea groups is 1. The zero-order valence-corrected chi connectivity index (χ0v) is 21.8. The molecule has 37 heavy (non-hydrogen) atoms. The van der Waals surface area contributed by atoms with E-state index in [0.29, 0.717) is 30.2 Å². The van der Waals surface area contributed by atoms with Crippen LogP contribution in [0.3, 0.4) is 0 Å². The number of thiophene rings is 1. The maximum absolute atomic E-state index is 13.3. The van der Waals surface area contributed by atoms with Crippen LogP contribution in [0.25, 0.3) is 21.2 Å². The first-order valence-corrected chi connectivity index (χ1v) is 13.2. The average molecular weight is 515 g/mol. The van der Waals surface area contributed by atoms with Gasteiger partial charge in [-0.15, -0.1) is 11.3 Å². The third-order valence-corrected chi connectivity index (χ3v) is 7.70. The van der Waals surface area contributed by atoms with Crippen molar-refractivity contribution in [3.63, 3.8) is 0 Å². The number of nitrogens with two attached hydrogens (primary N) is 1. The number of nitrogens with zero attached hydrogens (tertiary/aromatic N) is 3. The highest BCUT2D eigenvalue weighted by molar-refractivity contribution is 7.18. The molecule has 0 saturated carbocycles. The maximum atomic E-state index is 13.3. The summed E-state index contributed by atoms with van der Waals surface area (Å²) in [5.74, 6) is 0.402. The lowest BCUT2D eigenvalue weighted by molar-refractivity contribution is 0.0645. The summed E-state index contributed by atoms with van der Waals surface area (Å²) in [7, 11) is 0. The monoisotopic (exact) mass is 514 g/mol. The molecular weight excluding hydrogens is 484 g/mol. The zero-order valence-electron chi connectivity index (χ0n) is 21.0. The zero-order chi connectivity index (χ0) is 25.9. The Morgan fingerprint density at radius 1 is 1.03 bits per heavy atom. The van der Waals surface area contributed by atoms with E-state index in [0.717, 1.165) is 52.1 Å². The Morgan fingerprint density at radius 3 is 2.46 bits per heavy atom. The molecule has 3 heterocycles. The maximum Gasteiger partial charge on any atom is 0.323 e. The molecule has 3 amide bonds. The van der Waals surface area contributed by atoms with Crippen LogP contribution in [0.2, 0.25) is 0 Å². The van der Waals surface area contributed by atoms with E-state index in [4.69, 9.17) is 5.73 Å². The normalized spacial score (nSPS) is 14.1. The van der Waals surface area contributed by atoms with Gasteiger partial charge in [-0.2, -0.15) is 0 Å². The second-order valence-electron chi connectivity index (χ2n) is 9.16. The van der Waals surface area contributed by atoms with Gasteiger partial charge in [0.05, 0.1) is 10.3 Å². The molecular formula is C28H30N6O2S. The van der Waals surface area contributed by atoms with Gasteiger partial charge in [0.1, 0.15) is 5.82 Å². The third-order valence-electron chi connectivity index (χ3n) is 6.69. The van der Waals surface area contributed by atoms with E-state index in [-0.39, 0.29) is 11.9 Å². The summed E-state index contributed by atoms with van der Waals surface area (Å²) in [4.78, 5) is 34.4. The molecule has 0 aliphatic carbocycles. The molecule has 1 aliphatic rings. The summed E-state index contributed by atoms with van der Waals surface area (Å²) in [5.41, 5.74) is 11.2. The Kier molecular flexibility index (Phi) is 7.07. The fourth-order valence-corrected chi connectivity index (χ4v) is 5.71. The third kappa shape index (κ3) is 5.28. The van der Waals surface area contributed by atoms with Gasteiger partial charge in [0.25, 0.3) is 5.91 Å². The largest absolute Gasteiger partial charge is 0.383 e. The predicted molar refractivity (Wildman–Crippen MR) is 151 cm³/mol. The minimum absolute atomic E-state index is 0.000762. The van der Waals surface area contributed by atoms with Crippen molar-refractivity contribution in [2.45, 2.75) is 13.8 Å². The van der Waals surface area contributed by atoms with Crippen molar-refractivity contribution in [3.8, 4) is 11.1 Å². The fourth-order valence-electron chi connectivity index (χ4n) is 4.62. The molecule has 0 spiro atoms. The van der Waals surface area contributed by atoms with Gasteiger partial charge in [0.2, 0.25) is 0 Å². The molecule has 4 aromatic rings. The summed E-state index contributed by atoms with van der Waals surface area (Å²) in [6.07, 6.45) is 1.60. The number of piperazine rings is 1. The highest BCUT2D eigenvalue weighted by Gasteiger charge is 2.25. The molecule has 8 nitrogen and oxygen atoms in total. The quantitative estimate of drug-likeness (QED) is 0.336. The van der Waals surface area contributed by atoms with Gasteiger partial charge in [0, 0.05) is 54.7 Å². The van der Waals surface area contributed by atoms with E-state index < -0.39 is 0 Å². The van der Waals surface area contributed by atoms with Crippen LogP contribution >= 0.6 is 11.3 Å². The Hall–Kier alpha value is -3.95. The Morgan fingerprint density at radius 2 is 1.76 bits per heavy atom. The molecule has 0 atom stereocenters. The van der Waals surface area contributed by atoms with Gasteiger partial charge in [-0.05, 0) is 54.2 Å². The number of fused-ring (bicyclic) bond motifs is 1. The first-order valence-electron chi connectivity index (χ1n) is 12.4. The summed E-state index contributed by atoms with van der Waals surface area (Å²) in [6.45, 7) is 8.30. The molecule has 0 unspecified atom stereocenters. The number of pyridine rings is 1. The van der Waals surface area contributed by atoms with E-state index in [1.807, 2.05) is 65.7 Å². The second kappa shape index (κ2) is 10.6. The number of carbonyl (C=O) groups is 2. The summed E-state index contributed by atoms with van der Waals surface area (Å²) < 4.78 is 0.852. The van der Waals surface area contributed by atoms with Crippen molar-refractivity contribution in [3.05, 3.63) is 71.2 Å². The van der Waals surface area contributed by atoms with Gasteiger partial charge in [-0.1, -0.05) is 31.2 Å². The number of benzene rings is 2. The van der Waals surface area contributed by atoms with Crippen LogP contribution in [0.5, 0.6) is 0 Å². The van der Waals surface area contributed by atoms with Crippen molar-refractivity contribution in [2.75, 3.05) is 49.1 Å². The number of nitrogen functional groups attached to an aromatic ring is 1. The van der Waals surface area contributed by atoms with Gasteiger partial charge in [-0.25, -0.2) is 9.78 Å². The number of rotatable bonds is 5. The fraction of sp³-hybridized carbons (Fsp3) is 0.250. The molecule has 2 aromatic heterocycles. The topological polar surface area (TPSA) is 104 Å². The highest BCUT2D eigenvalue weighted by atomic mass is 32.1. The van der Waals surface area contributed by atoms with E-state index in [9.17, 15) is 9.59 Å². The van der Waals surface area contributed by atoms with Gasteiger partial charge >= 0.3 is 6.03 Å². The van der Waals surface area contributed by atoms with E-state index in [2.05, 4.69) is 27.4 Å². The molecule has 0 bridgehead atoms. The van der Waals surface area contributed by atoms with Gasteiger partial charge in [0.15, 0.2) is 0 Å². The Bertz CT molecular complexity index is 1440. The smallest absolute Gasteiger partial charge is 0.323 e. The predicted octanol–water partition coefficient (Wildman–Crippen LogP) is 5.28. The van der Waals surface area contributed by atoms with Crippen molar-refractivity contribution in [1.82, 2.24) is 14.8 Å². The number of hydrogen-bond acceptors (Lipinski definition) is 6. The first-order chi connectivity index (χ1) is 17.9. The van der Waals surface area contributed by atoms with Crippen LogP contribution in [0.4, 0.5) is 22.0 Å². The van der Waals surface area contributed by atoms with Crippen molar-refractivity contribution < 1.29 is 9.59 Å². The van der Waals surface area contributed by atoms with Crippen LogP contribution in [0, 0.1) is 6.92 Å². The molecule has 1 fully saturated rings. The van der Waals surface area contributed by atoms with E-state index in [1.165, 1.54) is 11.3 Å². The lowest BCUT2D eigenvalue weighted by Gasteiger charge is -2.34. The van der Waals surface area contributed by atoms with Crippen LogP contribution in [0.1, 0.15) is 22.8 Å². The molecule has 4 N–H and O–H groups in total. The molecule has 5 rings (SSSR count). The van der Waals surface area contributed by atoms with Crippen molar-refractivity contribution in [1.29, 1.82) is 0 Å². The Balaban J connectivity index is 1.34. The standard InChI is InChI=1S/C28H30N6O2S/c1-3-33-11-13-34(14-12-33)27(35)22-16-30-26(29)24-23(17-37-25(22)24)19-7-9-20(10-8-19)31-28(36)32-21-6-4-5-18(2)15-21/h4-10,15-17H,3,11-14H2,1-2H3,(H2,29,30)(H2,31,32,36). The van der Waals surface area contributed by atoms with E-state index in [1.54, 1.807) is 6.20 Å². The first kappa shape index (κ1) is 24.7. The highest BCUT2D eigenvalue weighted by Crippen LogP contribution is 2.39. The average Bonchev–Trinajstić information content (AvgIpc) is 3.35. The van der Waals surface area contributed by atoms with Crippen molar-refractivity contribution >= 4 is 50.6 Å². The number of hydrogen-bond donors (Lipinski definition) is 3. The van der Waals surface area contributed by atoms with Crippen molar-refractivity contribution in [2.24, 2.45) is 0 Å². The number of amides is 3. The molecule has 9 heteroatoms. The number of likely N-dealkylation sites (N-methyl/N-ethyl adjacent to an activating group) is 1. The second-order valence-corrected chi connectivity index (χ2v) is 10.0. The lowest BCUT2D eigenvalue weighted by Crippen LogP contribution is -2.48. The number of aromatic nitrogens is 1. The lowest BCUT2D eigenvalue weighted by atomic mass is 10.0. The van der Waals surface area contributed by atoms with Gasteiger partial charge < -0.3 is 26.2 Å². The van der Waals surface area contributed by atoms with Crippen LogP contribution in [0.15, 0.2) is 60.1 Å². The minimum Gasteiger partial charge on any atom is -0.383 e. The summed E-state index contributed by atoms with van der Waals surface area (Å²) in [5, 5.41) is 8.51. The molecule has 1 saturated heterocycles. The number of aryl methyl sites for hydroxylation is 1.